The SMILES string of the molecule is CN(C)CCN(C(=O)CN1C(=O)CCC1=O)c1nc2ccc(Br)cc2s1.Cl. The van der Waals surface area contributed by atoms with E-state index in [0.717, 1.165) is 19.6 Å². The molecule has 146 valence electrons. The van der Waals surface area contributed by atoms with Gasteiger partial charge >= 0.3 is 0 Å². The molecule has 7 nitrogen and oxygen atoms in total. The Labute approximate surface area is 175 Å². The number of likely N-dealkylation sites (N-methyl/N-ethyl adjacent to an activating group) is 1. The number of benzene rings is 1. The van der Waals surface area contributed by atoms with Gasteiger partial charge < -0.3 is 4.90 Å². The van der Waals surface area contributed by atoms with E-state index in [1.54, 1.807) is 4.90 Å². The average molecular weight is 476 g/mol. The Morgan fingerprint density at radius 1 is 1.22 bits per heavy atom. The first kappa shape index (κ1) is 21.7. The molecule has 2 heterocycles. The number of amides is 3. The molecular weight excluding hydrogens is 456 g/mol. The molecule has 1 aromatic carbocycles. The fourth-order valence-electron chi connectivity index (χ4n) is 2.65. The fourth-order valence-corrected chi connectivity index (χ4v) is 4.21. The number of halogens is 2. The highest BCUT2D eigenvalue weighted by molar-refractivity contribution is 9.10. The maximum Gasteiger partial charge on any atom is 0.248 e. The van der Waals surface area contributed by atoms with Gasteiger partial charge in [-0.25, -0.2) is 4.98 Å². The molecule has 1 fully saturated rings. The van der Waals surface area contributed by atoms with Gasteiger partial charge in [-0.2, -0.15) is 0 Å². The van der Waals surface area contributed by atoms with Crippen molar-refractivity contribution in [3.63, 3.8) is 0 Å². The molecule has 1 saturated heterocycles. The highest BCUT2D eigenvalue weighted by atomic mass is 79.9. The number of aromatic nitrogens is 1. The summed E-state index contributed by atoms with van der Waals surface area (Å²) in [5.74, 6) is -0.873. The van der Waals surface area contributed by atoms with E-state index in [1.807, 2.05) is 37.2 Å². The van der Waals surface area contributed by atoms with Gasteiger partial charge in [0.1, 0.15) is 6.54 Å². The Hall–Kier alpha value is -1.55. The number of nitrogens with zero attached hydrogens (tertiary/aromatic N) is 4. The van der Waals surface area contributed by atoms with Crippen LogP contribution in [-0.4, -0.2) is 66.2 Å². The molecule has 0 aliphatic carbocycles. The molecule has 0 atom stereocenters. The zero-order chi connectivity index (χ0) is 18.8. The molecule has 2 aromatic rings. The predicted molar refractivity (Wildman–Crippen MR) is 111 cm³/mol. The van der Waals surface area contributed by atoms with Crippen molar-refractivity contribution >= 4 is 72.7 Å². The Kier molecular flexibility index (Phi) is 7.32. The number of carbonyl (C=O) groups excluding carboxylic acids is 3. The quantitative estimate of drug-likeness (QED) is 0.600. The zero-order valence-corrected chi connectivity index (χ0v) is 18.2. The number of hydrogen-bond donors (Lipinski definition) is 0. The van der Waals surface area contributed by atoms with Crippen LogP contribution in [0.1, 0.15) is 12.8 Å². The summed E-state index contributed by atoms with van der Waals surface area (Å²) in [6.45, 7) is 0.848. The molecule has 0 N–H and O–H groups in total. The highest BCUT2D eigenvalue weighted by Crippen LogP contribution is 2.31. The Morgan fingerprint density at radius 3 is 2.52 bits per heavy atom. The van der Waals surface area contributed by atoms with E-state index in [-0.39, 0.29) is 49.5 Å². The smallest absolute Gasteiger partial charge is 0.248 e. The predicted octanol–water partition coefficient (Wildman–Crippen LogP) is 2.52. The van der Waals surface area contributed by atoms with E-state index in [2.05, 4.69) is 20.9 Å². The number of likely N-dealkylation sites (tertiary alicyclic amines) is 1. The summed E-state index contributed by atoms with van der Waals surface area (Å²) in [6, 6.07) is 5.75. The van der Waals surface area contributed by atoms with Crippen LogP contribution in [-0.2, 0) is 14.4 Å². The van der Waals surface area contributed by atoms with E-state index in [1.165, 1.54) is 11.3 Å². The number of hydrogen-bond acceptors (Lipinski definition) is 6. The van der Waals surface area contributed by atoms with Crippen LogP contribution in [0.4, 0.5) is 5.13 Å². The summed E-state index contributed by atoms with van der Waals surface area (Å²) in [7, 11) is 3.84. The van der Waals surface area contributed by atoms with Crippen molar-refractivity contribution in [1.82, 2.24) is 14.8 Å². The zero-order valence-electron chi connectivity index (χ0n) is 15.0. The summed E-state index contributed by atoms with van der Waals surface area (Å²) < 4.78 is 1.91. The maximum absolute atomic E-state index is 12.9. The molecular formula is C17H20BrClN4O3S. The van der Waals surface area contributed by atoms with Crippen LogP contribution in [0, 0.1) is 0 Å². The van der Waals surface area contributed by atoms with E-state index in [0.29, 0.717) is 18.2 Å². The van der Waals surface area contributed by atoms with Crippen LogP contribution >= 0.6 is 39.7 Å². The third-order valence-electron chi connectivity index (χ3n) is 4.09. The van der Waals surface area contributed by atoms with Gasteiger partial charge in [0.05, 0.1) is 10.2 Å². The molecule has 3 rings (SSSR count). The minimum atomic E-state index is -0.298. The van der Waals surface area contributed by atoms with Gasteiger partial charge in [0.2, 0.25) is 17.7 Å². The Morgan fingerprint density at radius 2 is 1.89 bits per heavy atom. The van der Waals surface area contributed by atoms with E-state index < -0.39 is 0 Å². The summed E-state index contributed by atoms with van der Waals surface area (Å²) in [5, 5.41) is 0.573. The van der Waals surface area contributed by atoms with Crippen LogP contribution in [0.25, 0.3) is 10.2 Å². The maximum atomic E-state index is 12.9. The Bertz CT molecular complexity index is 857. The monoisotopic (exact) mass is 474 g/mol. The van der Waals surface area contributed by atoms with Crippen LogP contribution < -0.4 is 4.90 Å². The molecule has 10 heteroatoms. The number of rotatable bonds is 6. The van der Waals surface area contributed by atoms with Crippen LogP contribution in [0.15, 0.2) is 22.7 Å². The summed E-state index contributed by atoms with van der Waals surface area (Å²) in [4.78, 5) is 45.7. The molecule has 3 amide bonds. The second-order valence-corrected chi connectivity index (χ2v) is 8.26. The first-order chi connectivity index (χ1) is 12.3. The fraction of sp³-hybridized carbons (Fsp3) is 0.412. The number of thiazole rings is 1. The van der Waals surface area contributed by atoms with Crippen LogP contribution in [0.2, 0.25) is 0 Å². The normalized spacial score (nSPS) is 14.1. The molecule has 0 radical (unpaired) electrons. The summed E-state index contributed by atoms with van der Waals surface area (Å²) >= 11 is 4.86. The average Bonchev–Trinajstić information content (AvgIpc) is 3.12. The van der Waals surface area contributed by atoms with Crippen molar-refractivity contribution in [3.05, 3.63) is 22.7 Å². The third-order valence-corrected chi connectivity index (χ3v) is 5.62. The second kappa shape index (κ2) is 9.09. The van der Waals surface area contributed by atoms with Crippen molar-refractivity contribution in [2.45, 2.75) is 12.8 Å². The largest absolute Gasteiger partial charge is 0.308 e. The summed E-state index contributed by atoms with van der Waals surface area (Å²) in [5.41, 5.74) is 0.809. The van der Waals surface area contributed by atoms with E-state index >= 15 is 0 Å². The number of imide groups is 1. The van der Waals surface area contributed by atoms with Gasteiger partial charge in [0.15, 0.2) is 5.13 Å². The van der Waals surface area contributed by atoms with Crippen molar-refractivity contribution in [2.75, 3.05) is 38.6 Å². The van der Waals surface area contributed by atoms with Crippen LogP contribution in [0.3, 0.4) is 0 Å². The standard InChI is InChI=1S/C17H19BrN4O3S.ClH/c1-20(2)7-8-21(16(25)10-22-14(23)5-6-15(22)24)17-19-12-4-3-11(18)9-13(12)26-17;/h3-4,9H,5-8,10H2,1-2H3;1H. The minimum Gasteiger partial charge on any atom is -0.308 e. The van der Waals surface area contributed by atoms with Crippen molar-refractivity contribution in [3.8, 4) is 0 Å². The van der Waals surface area contributed by atoms with E-state index in [4.69, 9.17) is 0 Å². The van der Waals surface area contributed by atoms with E-state index in [9.17, 15) is 14.4 Å². The van der Waals surface area contributed by atoms with Gasteiger partial charge in [-0.05, 0) is 32.3 Å². The molecule has 1 aromatic heterocycles. The molecule has 1 aliphatic rings. The van der Waals surface area contributed by atoms with Gasteiger partial charge in [-0.3, -0.25) is 24.2 Å². The van der Waals surface area contributed by atoms with Gasteiger partial charge in [-0.1, -0.05) is 27.3 Å². The minimum absolute atomic E-state index is 0. The lowest BCUT2D eigenvalue weighted by Gasteiger charge is -2.24. The molecule has 1 aliphatic heterocycles. The molecule has 27 heavy (non-hydrogen) atoms. The number of fused-ring (bicyclic) bond motifs is 1. The molecule has 0 saturated carbocycles. The van der Waals surface area contributed by atoms with Crippen molar-refractivity contribution < 1.29 is 14.4 Å². The van der Waals surface area contributed by atoms with Crippen molar-refractivity contribution in [2.24, 2.45) is 0 Å². The number of anilines is 1. The van der Waals surface area contributed by atoms with Crippen LogP contribution in [0.5, 0.6) is 0 Å². The topological polar surface area (TPSA) is 73.8 Å². The molecule has 0 spiro atoms. The number of carbonyl (C=O) groups is 3. The Balaban J connectivity index is 0.00000261. The molecule has 0 bridgehead atoms. The third kappa shape index (κ3) is 5.04. The first-order valence-corrected chi connectivity index (χ1v) is 9.80. The highest BCUT2D eigenvalue weighted by Gasteiger charge is 2.32. The lowest BCUT2D eigenvalue weighted by atomic mass is 10.3. The first-order valence-electron chi connectivity index (χ1n) is 8.19. The lowest BCUT2D eigenvalue weighted by Crippen LogP contribution is -2.44. The van der Waals surface area contributed by atoms with Gasteiger partial charge in [0.25, 0.3) is 0 Å². The van der Waals surface area contributed by atoms with Gasteiger partial charge in [-0.15, -0.1) is 12.4 Å². The lowest BCUT2D eigenvalue weighted by molar-refractivity contribution is -0.141. The summed E-state index contributed by atoms with van der Waals surface area (Å²) in [6.07, 6.45) is 0.359. The van der Waals surface area contributed by atoms with Gasteiger partial charge in [0, 0.05) is 30.4 Å². The van der Waals surface area contributed by atoms with Crippen molar-refractivity contribution in [1.29, 1.82) is 0 Å². The molecule has 0 unspecified atom stereocenters. The second-order valence-electron chi connectivity index (χ2n) is 6.33.